The van der Waals surface area contributed by atoms with Gasteiger partial charge in [-0.25, -0.2) is 0 Å². The van der Waals surface area contributed by atoms with Gasteiger partial charge in [-0.1, -0.05) is 5.16 Å². The first-order valence-electron chi connectivity index (χ1n) is 4.97. The maximum absolute atomic E-state index is 9.52. The van der Waals surface area contributed by atoms with Gasteiger partial charge in [0.25, 0.3) is 0 Å². The van der Waals surface area contributed by atoms with E-state index in [0.717, 1.165) is 6.54 Å². The van der Waals surface area contributed by atoms with E-state index in [0.29, 0.717) is 25.4 Å². The SMILES string of the molecule is CN(C)CC(O)CNCCc1ncno1. The first-order chi connectivity index (χ1) is 7.18. The molecule has 1 aromatic rings. The number of likely N-dealkylation sites (N-methyl/N-ethyl adjacent to an activating group) is 1. The molecule has 0 aromatic carbocycles. The molecule has 0 bridgehead atoms. The Balaban J connectivity index is 2.01. The van der Waals surface area contributed by atoms with Crippen molar-refractivity contribution in [2.45, 2.75) is 12.5 Å². The van der Waals surface area contributed by atoms with Gasteiger partial charge in [0.1, 0.15) is 0 Å². The van der Waals surface area contributed by atoms with Gasteiger partial charge in [0.05, 0.1) is 6.10 Å². The van der Waals surface area contributed by atoms with Crippen LogP contribution in [-0.4, -0.2) is 60.0 Å². The molecule has 0 radical (unpaired) electrons. The minimum atomic E-state index is -0.345. The summed E-state index contributed by atoms with van der Waals surface area (Å²) in [7, 11) is 3.86. The summed E-state index contributed by atoms with van der Waals surface area (Å²) in [6, 6.07) is 0. The van der Waals surface area contributed by atoms with E-state index in [9.17, 15) is 5.11 Å². The van der Waals surface area contributed by atoms with Gasteiger partial charge in [-0.2, -0.15) is 4.98 Å². The molecule has 86 valence electrons. The maximum atomic E-state index is 9.52. The molecule has 1 heterocycles. The Morgan fingerprint density at radius 1 is 1.60 bits per heavy atom. The highest BCUT2D eigenvalue weighted by Gasteiger charge is 2.05. The predicted molar refractivity (Wildman–Crippen MR) is 55.4 cm³/mol. The molecule has 1 unspecified atom stereocenters. The summed E-state index contributed by atoms with van der Waals surface area (Å²) in [5.74, 6) is 0.615. The second-order valence-electron chi connectivity index (χ2n) is 3.71. The standard InChI is InChI=1S/C9H18N4O2/c1-13(2)6-8(14)5-10-4-3-9-11-7-12-15-9/h7-8,10,14H,3-6H2,1-2H3. The topological polar surface area (TPSA) is 74.4 Å². The van der Waals surface area contributed by atoms with E-state index in [1.807, 2.05) is 19.0 Å². The zero-order valence-electron chi connectivity index (χ0n) is 9.18. The largest absolute Gasteiger partial charge is 0.390 e. The van der Waals surface area contributed by atoms with Gasteiger partial charge in [-0.3, -0.25) is 0 Å². The zero-order chi connectivity index (χ0) is 11.1. The van der Waals surface area contributed by atoms with Crippen molar-refractivity contribution < 1.29 is 9.63 Å². The monoisotopic (exact) mass is 214 g/mol. The summed E-state index contributed by atoms with van der Waals surface area (Å²) in [4.78, 5) is 5.84. The van der Waals surface area contributed by atoms with Gasteiger partial charge in [-0.05, 0) is 14.1 Å². The molecule has 6 nitrogen and oxygen atoms in total. The van der Waals surface area contributed by atoms with Crippen LogP contribution in [0.3, 0.4) is 0 Å². The van der Waals surface area contributed by atoms with Crippen LogP contribution in [0.4, 0.5) is 0 Å². The Morgan fingerprint density at radius 2 is 2.40 bits per heavy atom. The summed E-state index contributed by atoms with van der Waals surface area (Å²) in [6.45, 7) is 1.96. The van der Waals surface area contributed by atoms with Crippen molar-refractivity contribution >= 4 is 0 Å². The molecule has 0 amide bonds. The smallest absolute Gasteiger partial charge is 0.227 e. The lowest BCUT2D eigenvalue weighted by Gasteiger charge is -2.15. The second-order valence-corrected chi connectivity index (χ2v) is 3.71. The molecule has 1 rings (SSSR count). The van der Waals surface area contributed by atoms with Crippen LogP contribution in [-0.2, 0) is 6.42 Å². The molecule has 0 aliphatic rings. The van der Waals surface area contributed by atoms with Crippen molar-refractivity contribution in [2.24, 2.45) is 0 Å². The minimum absolute atomic E-state index is 0.345. The Labute approximate surface area is 89.3 Å². The summed E-state index contributed by atoms with van der Waals surface area (Å²) in [6.07, 6.45) is 1.73. The van der Waals surface area contributed by atoms with Crippen LogP contribution in [0.25, 0.3) is 0 Å². The first-order valence-corrected chi connectivity index (χ1v) is 4.97. The normalized spacial score (nSPS) is 13.3. The predicted octanol–water partition coefficient (Wildman–Crippen LogP) is -0.876. The van der Waals surface area contributed by atoms with Crippen molar-refractivity contribution in [1.29, 1.82) is 0 Å². The molecule has 1 atom stereocenters. The Hall–Kier alpha value is -0.980. The van der Waals surface area contributed by atoms with Crippen LogP contribution in [0.5, 0.6) is 0 Å². The van der Waals surface area contributed by atoms with Crippen LogP contribution >= 0.6 is 0 Å². The average molecular weight is 214 g/mol. The Morgan fingerprint density at radius 3 is 3.00 bits per heavy atom. The summed E-state index contributed by atoms with van der Waals surface area (Å²) in [5.41, 5.74) is 0. The Kier molecular flexibility index (Phi) is 5.23. The van der Waals surface area contributed by atoms with Crippen LogP contribution in [0.15, 0.2) is 10.9 Å². The number of aromatic nitrogens is 2. The molecule has 0 spiro atoms. The lowest BCUT2D eigenvalue weighted by atomic mass is 10.3. The average Bonchev–Trinajstić information content (AvgIpc) is 2.63. The first kappa shape index (κ1) is 12.1. The fourth-order valence-electron chi connectivity index (χ4n) is 1.26. The van der Waals surface area contributed by atoms with Crippen LogP contribution in [0.1, 0.15) is 5.89 Å². The Bertz CT molecular complexity index is 251. The van der Waals surface area contributed by atoms with E-state index in [4.69, 9.17) is 4.52 Å². The molecule has 0 saturated heterocycles. The van der Waals surface area contributed by atoms with Crippen molar-refractivity contribution in [2.75, 3.05) is 33.7 Å². The molecule has 0 aliphatic carbocycles. The van der Waals surface area contributed by atoms with E-state index in [2.05, 4.69) is 15.5 Å². The number of aliphatic hydroxyl groups excluding tert-OH is 1. The third-order valence-electron chi connectivity index (χ3n) is 1.88. The highest BCUT2D eigenvalue weighted by molar-refractivity contribution is 4.75. The number of aliphatic hydroxyl groups is 1. The highest BCUT2D eigenvalue weighted by atomic mass is 16.5. The van der Waals surface area contributed by atoms with Crippen molar-refractivity contribution in [1.82, 2.24) is 20.4 Å². The highest BCUT2D eigenvalue weighted by Crippen LogP contribution is 1.90. The molecular formula is C9H18N4O2. The van der Waals surface area contributed by atoms with Gasteiger partial charge >= 0.3 is 0 Å². The van der Waals surface area contributed by atoms with E-state index >= 15 is 0 Å². The van der Waals surface area contributed by atoms with E-state index in [1.165, 1.54) is 6.33 Å². The van der Waals surface area contributed by atoms with Crippen LogP contribution in [0, 0.1) is 0 Å². The van der Waals surface area contributed by atoms with E-state index < -0.39 is 0 Å². The molecule has 1 aromatic heterocycles. The maximum Gasteiger partial charge on any atom is 0.227 e. The molecule has 6 heteroatoms. The van der Waals surface area contributed by atoms with Crippen molar-refractivity contribution in [3.05, 3.63) is 12.2 Å². The van der Waals surface area contributed by atoms with Gasteiger partial charge < -0.3 is 19.8 Å². The number of nitrogens with zero attached hydrogens (tertiary/aromatic N) is 3. The molecular weight excluding hydrogens is 196 g/mol. The quantitative estimate of drug-likeness (QED) is 0.574. The van der Waals surface area contributed by atoms with Gasteiger partial charge in [0.15, 0.2) is 6.33 Å². The fourth-order valence-corrected chi connectivity index (χ4v) is 1.26. The van der Waals surface area contributed by atoms with Gasteiger partial charge in [0.2, 0.25) is 5.89 Å². The third kappa shape index (κ3) is 5.46. The van der Waals surface area contributed by atoms with Crippen LogP contribution in [0.2, 0.25) is 0 Å². The number of hydrogen-bond acceptors (Lipinski definition) is 6. The molecule has 15 heavy (non-hydrogen) atoms. The van der Waals surface area contributed by atoms with E-state index in [1.54, 1.807) is 0 Å². The molecule has 0 aliphatic heterocycles. The zero-order valence-corrected chi connectivity index (χ0v) is 9.18. The van der Waals surface area contributed by atoms with Gasteiger partial charge in [0, 0.05) is 26.1 Å². The summed E-state index contributed by atoms with van der Waals surface area (Å²) >= 11 is 0. The number of hydrogen-bond donors (Lipinski definition) is 2. The van der Waals surface area contributed by atoms with Gasteiger partial charge in [-0.15, -0.1) is 0 Å². The van der Waals surface area contributed by atoms with E-state index in [-0.39, 0.29) is 6.10 Å². The minimum Gasteiger partial charge on any atom is -0.390 e. The number of nitrogens with one attached hydrogen (secondary N) is 1. The fraction of sp³-hybridized carbons (Fsp3) is 0.778. The van der Waals surface area contributed by atoms with Crippen molar-refractivity contribution in [3.8, 4) is 0 Å². The lowest BCUT2D eigenvalue weighted by molar-refractivity contribution is 0.135. The molecule has 0 saturated carbocycles. The lowest BCUT2D eigenvalue weighted by Crippen LogP contribution is -2.35. The molecule has 2 N–H and O–H groups in total. The summed E-state index contributed by atoms with van der Waals surface area (Å²) in [5, 5.41) is 16.2. The third-order valence-corrected chi connectivity index (χ3v) is 1.88. The molecule has 0 fully saturated rings. The number of rotatable bonds is 7. The van der Waals surface area contributed by atoms with Crippen molar-refractivity contribution in [3.63, 3.8) is 0 Å². The van der Waals surface area contributed by atoms with Crippen LogP contribution < -0.4 is 5.32 Å². The summed E-state index contributed by atoms with van der Waals surface area (Å²) < 4.78 is 4.83. The second kappa shape index (κ2) is 6.49.